The molecule has 124 valence electrons. The molecule has 2 aromatic rings. The number of hydrogen-bond donors (Lipinski definition) is 0. The minimum atomic E-state index is 0.556. The van der Waals surface area contributed by atoms with Crippen molar-refractivity contribution in [1.29, 1.82) is 0 Å². The van der Waals surface area contributed by atoms with Gasteiger partial charge in [0.05, 0.1) is 4.34 Å². The molecule has 0 saturated carbocycles. The molecule has 1 aromatic carbocycles. The Kier molecular flexibility index (Phi) is 4.64. The van der Waals surface area contributed by atoms with E-state index < -0.39 is 0 Å². The van der Waals surface area contributed by atoms with E-state index in [1.54, 1.807) is 22.5 Å². The molecule has 0 spiro atoms. The van der Waals surface area contributed by atoms with E-state index in [0.29, 0.717) is 11.2 Å². The first kappa shape index (κ1) is 16.5. The number of hydrogen-bond acceptors (Lipinski definition) is 2. The van der Waals surface area contributed by atoms with Crippen LogP contribution in [0, 0.1) is 12.8 Å². The van der Waals surface area contributed by atoms with E-state index in [1.807, 2.05) is 11.8 Å². The highest BCUT2D eigenvalue weighted by molar-refractivity contribution is 8.09. The first-order chi connectivity index (χ1) is 11.6. The molecule has 0 N–H and O–H groups in total. The van der Waals surface area contributed by atoms with Crippen molar-refractivity contribution in [2.45, 2.75) is 38.4 Å². The van der Waals surface area contributed by atoms with Crippen molar-refractivity contribution in [2.24, 2.45) is 5.92 Å². The molecule has 0 nitrogen and oxygen atoms in total. The predicted octanol–water partition coefficient (Wildman–Crippen LogP) is 7.44. The van der Waals surface area contributed by atoms with Crippen molar-refractivity contribution in [1.82, 2.24) is 0 Å². The minimum absolute atomic E-state index is 0.556. The predicted molar refractivity (Wildman–Crippen MR) is 110 cm³/mol. The van der Waals surface area contributed by atoms with Crippen LogP contribution in [-0.4, -0.2) is 5.25 Å². The minimum Gasteiger partial charge on any atom is -0.128 e. The molecule has 3 heteroatoms. The summed E-state index contributed by atoms with van der Waals surface area (Å²) in [6.07, 6.45) is 6.22. The van der Waals surface area contributed by atoms with E-state index in [4.69, 9.17) is 11.6 Å². The Morgan fingerprint density at radius 3 is 2.62 bits per heavy atom. The quantitative estimate of drug-likeness (QED) is 0.539. The highest BCUT2D eigenvalue weighted by Gasteiger charge is 2.32. The van der Waals surface area contributed by atoms with Crippen LogP contribution in [0.25, 0.3) is 10.5 Å². The summed E-state index contributed by atoms with van der Waals surface area (Å²) in [6.45, 7) is 4.57. The van der Waals surface area contributed by atoms with Crippen LogP contribution in [-0.2, 0) is 0 Å². The summed E-state index contributed by atoms with van der Waals surface area (Å²) in [5.41, 5.74) is 5.97. The second-order valence-electron chi connectivity index (χ2n) is 6.62. The summed E-state index contributed by atoms with van der Waals surface area (Å²) in [6, 6.07) is 13.0. The zero-order valence-electron chi connectivity index (χ0n) is 14.0. The molecule has 24 heavy (non-hydrogen) atoms. The molecule has 2 aliphatic rings. The Morgan fingerprint density at radius 1 is 1.12 bits per heavy atom. The SMILES string of the molecule is Cc1sc(Cl)cc1C1=C(C2C=C(c3ccccc3)SC2C)CCC1. The molecule has 1 aliphatic carbocycles. The second-order valence-corrected chi connectivity index (χ2v) is 9.93. The topological polar surface area (TPSA) is 0 Å². The van der Waals surface area contributed by atoms with Gasteiger partial charge in [0, 0.05) is 21.0 Å². The molecule has 0 radical (unpaired) electrons. The molecular weight excluding hydrogens is 352 g/mol. The van der Waals surface area contributed by atoms with E-state index in [1.165, 1.54) is 40.2 Å². The standard InChI is InChI=1S/C21H21ClS2/c1-13-18(11-20(23-13)15-7-4-3-5-8-15)16-9-6-10-17(16)19-12-21(22)24-14(19)2/h3-5,7-8,11-13,18H,6,9-10H2,1-2H3. The van der Waals surface area contributed by atoms with Crippen LogP contribution in [0.4, 0.5) is 0 Å². The van der Waals surface area contributed by atoms with Gasteiger partial charge in [0.15, 0.2) is 0 Å². The average Bonchev–Trinajstić information content (AvgIpc) is 3.26. The van der Waals surface area contributed by atoms with Gasteiger partial charge in [-0.3, -0.25) is 0 Å². The van der Waals surface area contributed by atoms with Crippen molar-refractivity contribution < 1.29 is 0 Å². The van der Waals surface area contributed by atoms with Crippen molar-refractivity contribution in [2.75, 3.05) is 0 Å². The van der Waals surface area contributed by atoms with Crippen molar-refractivity contribution >= 4 is 45.2 Å². The van der Waals surface area contributed by atoms with Crippen LogP contribution in [0.3, 0.4) is 0 Å². The van der Waals surface area contributed by atoms with Crippen LogP contribution in [0.15, 0.2) is 48.0 Å². The van der Waals surface area contributed by atoms with Crippen molar-refractivity contribution in [3.63, 3.8) is 0 Å². The molecule has 2 heterocycles. The molecule has 4 rings (SSSR count). The van der Waals surface area contributed by atoms with Gasteiger partial charge in [-0.15, -0.1) is 23.1 Å². The first-order valence-electron chi connectivity index (χ1n) is 8.55. The maximum atomic E-state index is 6.26. The lowest BCUT2D eigenvalue weighted by molar-refractivity contribution is 0.722. The second kappa shape index (κ2) is 6.74. The Hall–Kier alpha value is -0.960. The number of benzene rings is 1. The van der Waals surface area contributed by atoms with E-state index in [-0.39, 0.29) is 0 Å². The number of rotatable bonds is 3. The van der Waals surface area contributed by atoms with E-state index in [2.05, 4.69) is 56.3 Å². The Bertz CT molecular complexity index is 814. The molecular formula is C21H21ClS2. The van der Waals surface area contributed by atoms with Crippen molar-refractivity contribution in [3.05, 3.63) is 68.4 Å². The summed E-state index contributed by atoms with van der Waals surface area (Å²) in [5.74, 6) is 0.556. The zero-order valence-corrected chi connectivity index (χ0v) is 16.4. The maximum Gasteiger partial charge on any atom is 0.0937 e. The molecule has 2 unspecified atom stereocenters. The van der Waals surface area contributed by atoms with Crippen LogP contribution in [0.5, 0.6) is 0 Å². The van der Waals surface area contributed by atoms with E-state index in [9.17, 15) is 0 Å². The summed E-state index contributed by atoms with van der Waals surface area (Å²) in [5, 5.41) is 0.609. The monoisotopic (exact) mass is 372 g/mol. The fourth-order valence-electron chi connectivity index (χ4n) is 3.95. The van der Waals surface area contributed by atoms with Gasteiger partial charge in [-0.05, 0) is 49.0 Å². The number of thiophene rings is 1. The van der Waals surface area contributed by atoms with Gasteiger partial charge < -0.3 is 0 Å². The molecule has 0 fully saturated rings. The lowest BCUT2D eigenvalue weighted by atomic mass is 9.90. The van der Waals surface area contributed by atoms with E-state index >= 15 is 0 Å². The molecule has 1 aromatic heterocycles. The maximum absolute atomic E-state index is 6.26. The van der Waals surface area contributed by atoms with Gasteiger partial charge in [-0.2, -0.15) is 0 Å². The fourth-order valence-corrected chi connectivity index (χ4v) is 6.45. The number of allylic oxidation sites excluding steroid dienone is 3. The number of thioether (sulfide) groups is 1. The third-order valence-electron chi connectivity index (χ3n) is 5.08. The smallest absolute Gasteiger partial charge is 0.0937 e. The average molecular weight is 373 g/mol. The Labute approximate surface area is 157 Å². The van der Waals surface area contributed by atoms with Crippen LogP contribution < -0.4 is 0 Å². The van der Waals surface area contributed by atoms with Crippen molar-refractivity contribution in [3.8, 4) is 0 Å². The van der Waals surface area contributed by atoms with Gasteiger partial charge in [0.1, 0.15) is 0 Å². The van der Waals surface area contributed by atoms with Crippen LogP contribution >= 0.6 is 34.7 Å². The van der Waals surface area contributed by atoms with E-state index in [0.717, 1.165) is 4.34 Å². The molecule has 2 atom stereocenters. The molecule has 1 aliphatic heterocycles. The fraction of sp³-hybridized carbons (Fsp3) is 0.333. The third-order valence-corrected chi connectivity index (χ3v) is 7.55. The lowest BCUT2D eigenvalue weighted by Gasteiger charge is -2.18. The van der Waals surface area contributed by atoms with Gasteiger partial charge in [0.2, 0.25) is 0 Å². The summed E-state index contributed by atoms with van der Waals surface area (Å²) in [7, 11) is 0. The van der Waals surface area contributed by atoms with Gasteiger partial charge in [-0.25, -0.2) is 0 Å². The van der Waals surface area contributed by atoms with Crippen LogP contribution in [0.1, 0.15) is 42.2 Å². The Balaban J connectivity index is 1.73. The molecule has 0 saturated heterocycles. The van der Waals surface area contributed by atoms with Gasteiger partial charge in [-0.1, -0.05) is 60.5 Å². The normalized spacial score (nSPS) is 23.9. The highest BCUT2D eigenvalue weighted by Crippen LogP contribution is 2.50. The van der Waals surface area contributed by atoms with Crippen LogP contribution in [0.2, 0.25) is 4.34 Å². The zero-order chi connectivity index (χ0) is 16.7. The number of aryl methyl sites for hydroxylation is 1. The largest absolute Gasteiger partial charge is 0.128 e. The summed E-state index contributed by atoms with van der Waals surface area (Å²) < 4.78 is 0.913. The molecule has 0 bridgehead atoms. The third kappa shape index (κ3) is 3.00. The summed E-state index contributed by atoms with van der Waals surface area (Å²) in [4.78, 5) is 2.80. The van der Waals surface area contributed by atoms with Gasteiger partial charge >= 0.3 is 0 Å². The summed E-state index contributed by atoms with van der Waals surface area (Å²) >= 11 is 10.00. The Morgan fingerprint density at radius 2 is 1.92 bits per heavy atom. The number of halogens is 1. The lowest BCUT2D eigenvalue weighted by Crippen LogP contribution is -2.10. The highest BCUT2D eigenvalue weighted by atomic mass is 35.5. The molecule has 0 amide bonds. The first-order valence-corrected chi connectivity index (χ1v) is 10.6. The van der Waals surface area contributed by atoms with Gasteiger partial charge in [0.25, 0.3) is 0 Å².